The molecule has 1 fully saturated rings. The van der Waals surface area contributed by atoms with Crippen LogP contribution >= 0.6 is 11.6 Å². The maximum absolute atomic E-state index is 12.1. The van der Waals surface area contributed by atoms with Gasteiger partial charge in [0.05, 0.1) is 6.54 Å². The van der Waals surface area contributed by atoms with Crippen molar-refractivity contribution in [2.45, 2.75) is 18.9 Å². The van der Waals surface area contributed by atoms with Crippen molar-refractivity contribution in [3.63, 3.8) is 0 Å². The number of amides is 1. The van der Waals surface area contributed by atoms with E-state index in [-0.39, 0.29) is 30.0 Å². The Balaban J connectivity index is 1.54. The Morgan fingerprint density at radius 1 is 1.32 bits per heavy atom. The molecule has 0 bridgehead atoms. The van der Waals surface area contributed by atoms with Gasteiger partial charge in [0.15, 0.2) is 0 Å². The van der Waals surface area contributed by atoms with Crippen molar-refractivity contribution in [3.05, 3.63) is 58.5 Å². The largest absolute Gasteiger partial charge is 0.475 e. The highest BCUT2D eigenvalue weighted by molar-refractivity contribution is 6.30. The molecule has 1 aliphatic rings. The fourth-order valence-electron chi connectivity index (χ4n) is 2.48. The number of benzene rings is 1. The molecule has 2 unspecified atom stereocenters. The van der Waals surface area contributed by atoms with Crippen molar-refractivity contribution >= 4 is 23.5 Å². The van der Waals surface area contributed by atoms with E-state index in [2.05, 4.69) is 5.32 Å². The van der Waals surface area contributed by atoms with E-state index >= 15 is 0 Å². The Labute approximate surface area is 131 Å². The Morgan fingerprint density at radius 3 is 2.82 bits per heavy atom. The van der Waals surface area contributed by atoms with Crippen LogP contribution in [0.15, 0.2) is 40.8 Å². The molecule has 3 rings (SSSR count). The van der Waals surface area contributed by atoms with Crippen LogP contribution in [0.4, 0.5) is 0 Å². The van der Waals surface area contributed by atoms with Crippen LogP contribution in [0.5, 0.6) is 0 Å². The summed E-state index contributed by atoms with van der Waals surface area (Å²) in [6.45, 7) is 0.185. The number of hydrogen-bond acceptors (Lipinski definition) is 3. The molecule has 1 amide bonds. The topological polar surface area (TPSA) is 79.5 Å². The first-order chi connectivity index (χ1) is 10.5. The number of nitrogens with one attached hydrogen (secondary N) is 1. The van der Waals surface area contributed by atoms with Crippen molar-refractivity contribution in [2.24, 2.45) is 5.92 Å². The summed E-state index contributed by atoms with van der Waals surface area (Å²) in [5, 5.41) is 12.2. The predicted molar refractivity (Wildman–Crippen MR) is 79.8 cm³/mol. The molecule has 6 heteroatoms. The van der Waals surface area contributed by atoms with Gasteiger partial charge in [-0.3, -0.25) is 4.79 Å². The van der Waals surface area contributed by atoms with Crippen molar-refractivity contribution in [2.75, 3.05) is 0 Å². The molecule has 2 atom stereocenters. The fourth-order valence-corrected chi connectivity index (χ4v) is 2.68. The smallest absolute Gasteiger partial charge is 0.371 e. The number of carboxylic acids is 1. The van der Waals surface area contributed by atoms with Crippen LogP contribution in [0.1, 0.15) is 34.2 Å². The van der Waals surface area contributed by atoms with E-state index < -0.39 is 5.97 Å². The van der Waals surface area contributed by atoms with Crippen LogP contribution in [0, 0.1) is 5.92 Å². The summed E-state index contributed by atoms with van der Waals surface area (Å²) in [4.78, 5) is 22.8. The van der Waals surface area contributed by atoms with Gasteiger partial charge in [-0.1, -0.05) is 23.7 Å². The first-order valence-corrected chi connectivity index (χ1v) is 7.27. The molecule has 0 spiro atoms. The quantitative estimate of drug-likeness (QED) is 0.887. The number of hydrogen-bond donors (Lipinski definition) is 2. The monoisotopic (exact) mass is 319 g/mol. The highest BCUT2D eigenvalue weighted by Crippen LogP contribution is 2.47. The molecule has 1 heterocycles. The van der Waals surface area contributed by atoms with E-state index in [1.807, 2.05) is 18.2 Å². The number of aromatic carboxylic acids is 1. The van der Waals surface area contributed by atoms with Crippen LogP contribution in [0.2, 0.25) is 5.02 Å². The highest BCUT2D eigenvalue weighted by Gasteiger charge is 2.43. The number of furan rings is 1. The summed E-state index contributed by atoms with van der Waals surface area (Å²) in [6, 6.07) is 10.4. The first-order valence-electron chi connectivity index (χ1n) is 6.90. The molecular weight excluding hydrogens is 306 g/mol. The van der Waals surface area contributed by atoms with Crippen LogP contribution in [-0.2, 0) is 11.3 Å². The molecular formula is C16H14ClNO4. The molecule has 2 N–H and O–H groups in total. The lowest BCUT2D eigenvalue weighted by molar-refractivity contribution is -0.122. The third-order valence-corrected chi connectivity index (χ3v) is 3.95. The number of carbonyl (C=O) groups excluding carboxylic acids is 1. The van der Waals surface area contributed by atoms with Gasteiger partial charge in [0, 0.05) is 10.9 Å². The van der Waals surface area contributed by atoms with Gasteiger partial charge in [-0.25, -0.2) is 4.79 Å². The average molecular weight is 320 g/mol. The van der Waals surface area contributed by atoms with Crippen molar-refractivity contribution < 1.29 is 19.1 Å². The van der Waals surface area contributed by atoms with Gasteiger partial charge in [-0.2, -0.15) is 0 Å². The number of halogens is 1. The van der Waals surface area contributed by atoms with Crippen LogP contribution in [0.3, 0.4) is 0 Å². The SMILES string of the molecule is O=C(O)c1ccc(CNC(=O)C2CC2c2cccc(Cl)c2)o1. The Hall–Kier alpha value is -2.27. The maximum atomic E-state index is 12.1. The van der Waals surface area contributed by atoms with Crippen LogP contribution < -0.4 is 5.32 Å². The molecule has 1 aromatic heterocycles. The standard InChI is InChI=1S/C16H14ClNO4/c17-10-3-1-2-9(6-10)12-7-13(12)15(19)18-8-11-4-5-14(22-11)16(20)21/h1-6,12-13H,7-8H2,(H,18,19)(H,20,21). The molecule has 114 valence electrons. The van der Waals surface area contributed by atoms with Gasteiger partial charge in [-0.05, 0) is 42.2 Å². The Bertz CT molecular complexity index is 724. The van der Waals surface area contributed by atoms with E-state index in [0.717, 1.165) is 12.0 Å². The Kier molecular flexibility index (Phi) is 3.90. The van der Waals surface area contributed by atoms with Gasteiger partial charge in [0.25, 0.3) is 0 Å². The van der Waals surface area contributed by atoms with Crippen molar-refractivity contribution in [3.8, 4) is 0 Å². The van der Waals surface area contributed by atoms with Gasteiger partial charge in [0.2, 0.25) is 11.7 Å². The average Bonchev–Trinajstić information content (AvgIpc) is 3.15. The zero-order valence-corrected chi connectivity index (χ0v) is 12.3. The van der Waals surface area contributed by atoms with Crippen LogP contribution in [-0.4, -0.2) is 17.0 Å². The third kappa shape index (κ3) is 3.14. The molecule has 1 aliphatic carbocycles. The first kappa shape index (κ1) is 14.7. The molecule has 0 radical (unpaired) electrons. The zero-order valence-electron chi connectivity index (χ0n) is 11.6. The van der Waals surface area contributed by atoms with E-state index in [1.165, 1.54) is 6.07 Å². The number of rotatable bonds is 5. The zero-order chi connectivity index (χ0) is 15.7. The van der Waals surface area contributed by atoms with Gasteiger partial charge in [-0.15, -0.1) is 0 Å². The summed E-state index contributed by atoms with van der Waals surface area (Å²) in [6.07, 6.45) is 0.796. The normalized spacial score (nSPS) is 19.7. The Morgan fingerprint density at radius 2 is 2.14 bits per heavy atom. The summed E-state index contributed by atoms with van der Waals surface area (Å²) in [5.41, 5.74) is 1.07. The summed E-state index contributed by atoms with van der Waals surface area (Å²) < 4.78 is 5.09. The lowest BCUT2D eigenvalue weighted by atomic mass is 10.1. The second-order valence-electron chi connectivity index (χ2n) is 5.29. The molecule has 2 aromatic rings. The summed E-state index contributed by atoms with van der Waals surface area (Å²) in [7, 11) is 0. The number of carboxylic acid groups (broad SMARTS) is 1. The van der Waals surface area contributed by atoms with E-state index in [9.17, 15) is 9.59 Å². The second kappa shape index (κ2) is 5.85. The van der Waals surface area contributed by atoms with E-state index in [0.29, 0.717) is 10.8 Å². The maximum Gasteiger partial charge on any atom is 0.371 e. The van der Waals surface area contributed by atoms with Crippen molar-refractivity contribution in [1.29, 1.82) is 0 Å². The number of carbonyl (C=O) groups is 2. The van der Waals surface area contributed by atoms with Gasteiger partial charge < -0.3 is 14.8 Å². The lowest BCUT2D eigenvalue weighted by Gasteiger charge is -2.03. The molecule has 0 aliphatic heterocycles. The molecule has 0 saturated heterocycles. The lowest BCUT2D eigenvalue weighted by Crippen LogP contribution is -2.24. The minimum Gasteiger partial charge on any atom is -0.475 e. The predicted octanol–water partition coefficient (Wildman–Crippen LogP) is 3.05. The second-order valence-corrected chi connectivity index (χ2v) is 5.73. The molecule has 1 saturated carbocycles. The van der Waals surface area contributed by atoms with Gasteiger partial charge >= 0.3 is 5.97 Å². The fraction of sp³-hybridized carbons (Fsp3) is 0.250. The summed E-state index contributed by atoms with van der Waals surface area (Å²) in [5.74, 6) is -0.755. The van der Waals surface area contributed by atoms with Crippen LogP contribution in [0.25, 0.3) is 0 Å². The minimum atomic E-state index is -1.12. The van der Waals surface area contributed by atoms with Crippen molar-refractivity contribution in [1.82, 2.24) is 5.32 Å². The molecule has 5 nitrogen and oxygen atoms in total. The highest BCUT2D eigenvalue weighted by atomic mass is 35.5. The van der Waals surface area contributed by atoms with E-state index in [1.54, 1.807) is 12.1 Å². The molecule has 1 aromatic carbocycles. The third-order valence-electron chi connectivity index (χ3n) is 3.71. The van der Waals surface area contributed by atoms with E-state index in [4.69, 9.17) is 21.1 Å². The van der Waals surface area contributed by atoms with Gasteiger partial charge in [0.1, 0.15) is 5.76 Å². The molecule has 22 heavy (non-hydrogen) atoms. The minimum absolute atomic E-state index is 0.0572. The summed E-state index contributed by atoms with van der Waals surface area (Å²) >= 11 is 5.95.